The summed E-state index contributed by atoms with van der Waals surface area (Å²) in [6.45, 7) is -2.01. The smallest absolute Gasteiger partial charge is 0.442 e. The molecule has 2 fully saturated rings. The molecule has 4 rings (SSSR count). The number of nitrogens with one attached hydrogen (secondary N) is 1. The lowest BCUT2D eigenvalue weighted by Gasteiger charge is -2.44. The van der Waals surface area contributed by atoms with Gasteiger partial charge in [0, 0.05) is 23.4 Å². The van der Waals surface area contributed by atoms with Crippen molar-refractivity contribution >= 4 is 28.5 Å². The number of halogens is 4. The lowest BCUT2D eigenvalue weighted by Crippen LogP contribution is -2.59. The Bertz CT molecular complexity index is 1150. The third kappa shape index (κ3) is 7.27. The highest BCUT2D eigenvalue weighted by Crippen LogP contribution is 2.52. The number of hydrogen-bond donors (Lipinski definition) is 9. The van der Waals surface area contributed by atoms with Gasteiger partial charge in [0.25, 0.3) is 5.91 Å². The Balaban J connectivity index is 1.49. The third-order valence-corrected chi connectivity index (χ3v) is 8.81. The van der Waals surface area contributed by atoms with Crippen LogP contribution in [0, 0.1) is 15.4 Å². The van der Waals surface area contributed by atoms with Gasteiger partial charge >= 0.3 is 11.8 Å². The van der Waals surface area contributed by atoms with Crippen LogP contribution < -0.4 is 10.1 Å². The van der Waals surface area contributed by atoms with Crippen molar-refractivity contribution in [1.29, 1.82) is 0 Å². The molecular weight excluding hydrogens is 718 g/mol. The normalized spacial score (nSPS) is 35.6. The predicted molar refractivity (Wildman–Crippen MR) is 145 cm³/mol. The number of hydrogen-bond acceptors (Lipinski definition) is 14. The van der Waals surface area contributed by atoms with E-state index in [4.69, 9.17) is 14.2 Å². The van der Waals surface area contributed by atoms with Gasteiger partial charge in [0.2, 0.25) is 0 Å². The molecule has 0 aliphatic carbocycles. The Kier molecular flexibility index (Phi) is 11.1. The van der Waals surface area contributed by atoms with Gasteiger partial charge in [-0.05, 0) is 47.6 Å². The van der Waals surface area contributed by atoms with Crippen LogP contribution in [0.25, 0.3) is 0 Å². The lowest BCUT2D eigenvalue weighted by molar-refractivity contribution is -0.279. The van der Waals surface area contributed by atoms with Gasteiger partial charge in [0.1, 0.15) is 18.0 Å². The molecule has 2 saturated heterocycles. The van der Waals surface area contributed by atoms with E-state index in [0.29, 0.717) is 0 Å². The number of ether oxygens (including phenoxy) is 3. The van der Waals surface area contributed by atoms with Gasteiger partial charge in [-0.15, -0.1) is 10.2 Å². The van der Waals surface area contributed by atoms with Crippen molar-refractivity contribution in [3.05, 3.63) is 27.3 Å². The summed E-state index contributed by atoms with van der Waals surface area (Å²) in [7, 11) is 0. The van der Waals surface area contributed by atoms with Crippen molar-refractivity contribution in [3.8, 4) is 5.75 Å². The fourth-order valence-electron chi connectivity index (χ4n) is 5.51. The zero-order chi connectivity index (χ0) is 32.6. The fourth-order valence-corrected chi connectivity index (χ4v) is 6.18. The fraction of sp³-hybridized carbons (Fsp3) is 0.720. The quantitative estimate of drug-likeness (QED) is 0.114. The molecule has 3 aliphatic rings. The van der Waals surface area contributed by atoms with Crippen molar-refractivity contribution in [2.75, 3.05) is 19.8 Å². The zero-order valence-corrected chi connectivity index (χ0v) is 24.9. The van der Waals surface area contributed by atoms with Gasteiger partial charge in [0.05, 0.1) is 41.2 Å². The van der Waals surface area contributed by atoms with E-state index in [2.05, 4.69) is 15.5 Å². The second-order valence-electron chi connectivity index (χ2n) is 10.8. The number of benzene rings is 1. The Morgan fingerprint density at radius 3 is 1.84 bits per heavy atom. The van der Waals surface area contributed by atoms with E-state index in [0.717, 1.165) is 6.07 Å². The van der Waals surface area contributed by atoms with E-state index in [1.54, 1.807) is 22.6 Å². The van der Waals surface area contributed by atoms with Crippen LogP contribution in [0.5, 0.6) is 5.75 Å². The molecule has 1 aromatic rings. The first kappa shape index (κ1) is 35.1. The van der Waals surface area contributed by atoms with E-state index in [1.165, 1.54) is 12.1 Å². The molecule has 3 aliphatic heterocycles. The van der Waals surface area contributed by atoms with Crippen LogP contribution in [0.3, 0.4) is 0 Å². The summed E-state index contributed by atoms with van der Waals surface area (Å²) >= 11 is 1.73. The lowest BCUT2D eigenvalue weighted by atomic mass is 9.78. The second-order valence-corrected chi connectivity index (χ2v) is 12.0. The van der Waals surface area contributed by atoms with Crippen molar-refractivity contribution in [2.24, 2.45) is 22.1 Å². The molecule has 0 saturated carbocycles. The zero-order valence-electron chi connectivity index (χ0n) is 22.7. The Morgan fingerprint density at radius 1 is 0.932 bits per heavy atom. The number of aliphatic hydroxyl groups excluding tert-OH is 8. The van der Waals surface area contributed by atoms with Crippen molar-refractivity contribution in [1.82, 2.24) is 5.32 Å². The van der Waals surface area contributed by atoms with E-state index < -0.39 is 105 Å². The molecule has 248 valence electrons. The minimum absolute atomic E-state index is 0.0705. The van der Waals surface area contributed by atoms with Crippen molar-refractivity contribution in [2.45, 2.75) is 79.9 Å². The number of rotatable bonds is 11. The first-order valence-corrected chi connectivity index (χ1v) is 14.5. The van der Waals surface area contributed by atoms with Crippen LogP contribution in [0.4, 0.5) is 13.2 Å². The Morgan fingerprint density at radius 2 is 1.43 bits per heavy atom. The minimum atomic E-state index is -4.73. The topological polar surface area (TPSA) is 243 Å². The first-order chi connectivity index (χ1) is 20.6. The molecule has 10 atom stereocenters. The van der Waals surface area contributed by atoms with Crippen LogP contribution in [0.1, 0.15) is 18.4 Å². The maximum atomic E-state index is 13.3. The molecule has 0 aromatic heterocycles. The van der Waals surface area contributed by atoms with Crippen molar-refractivity contribution in [3.63, 3.8) is 0 Å². The maximum Gasteiger partial charge on any atom is 0.442 e. The average Bonchev–Trinajstić information content (AvgIpc) is 3.79. The highest BCUT2D eigenvalue weighted by atomic mass is 127. The van der Waals surface area contributed by atoms with E-state index in [9.17, 15) is 58.8 Å². The number of nitrogens with zero attached hydrogens (tertiary/aromatic N) is 2. The predicted octanol–water partition coefficient (Wildman–Crippen LogP) is -1.79. The van der Waals surface area contributed by atoms with Crippen LogP contribution in [-0.2, 0) is 19.9 Å². The summed E-state index contributed by atoms with van der Waals surface area (Å²) in [5, 5.41) is 89.7. The molecule has 44 heavy (non-hydrogen) atoms. The summed E-state index contributed by atoms with van der Waals surface area (Å²) in [6.07, 6.45) is -17.9. The van der Waals surface area contributed by atoms with Crippen LogP contribution in [0.2, 0.25) is 0 Å². The number of alkyl halides is 3. The van der Waals surface area contributed by atoms with Gasteiger partial charge < -0.3 is 60.4 Å². The van der Waals surface area contributed by atoms with E-state index in [-0.39, 0.29) is 27.7 Å². The number of amides is 1. The monoisotopic (exact) mass is 751 g/mol. The van der Waals surface area contributed by atoms with Gasteiger partial charge in [-0.3, -0.25) is 4.79 Å². The Hall–Kier alpha value is -1.79. The molecule has 2 unspecified atom stereocenters. The number of carbonyl (C=O) groups is 1. The highest BCUT2D eigenvalue weighted by Gasteiger charge is 2.65. The molecule has 19 heteroatoms. The molecule has 1 aromatic carbocycles. The van der Waals surface area contributed by atoms with E-state index >= 15 is 0 Å². The van der Waals surface area contributed by atoms with Crippen LogP contribution in [-0.4, -0.2) is 128 Å². The van der Waals surface area contributed by atoms with Crippen LogP contribution in [0.15, 0.2) is 28.4 Å². The maximum absolute atomic E-state index is 13.3. The van der Waals surface area contributed by atoms with Gasteiger partial charge in [-0.25, -0.2) is 0 Å². The molecule has 0 bridgehead atoms. The summed E-state index contributed by atoms with van der Waals surface area (Å²) in [5.41, 5.74) is -2.87. The number of carbonyl (C=O) groups excluding carboxylic acids is 1. The largest absolute Gasteiger partial charge is 0.483 e. The molecule has 9 N–H and O–H groups in total. The van der Waals surface area contributed by atoms with Crippen molar-refractivity contribution < 1.29 is 73.0 Å². The first-order valence-electron chi connectivity index (χ1n) is 13.5. The summed E-state index contributed by atoms with van der Waals surface area (Å²) in [6, 6.07) is 2.48. The number of aliphatic hydroxyl groups is 8. The SMILES string of the molecule is O=C(COc1ccc(C2(C(F)(F)F)N=N2)cc1I)NC(C[C@H]1[C@H](O)[C@@H](O)C(O)O[C@@H]1CO)C[C@H]1[C@H](O)[C@@H](O)C(O)O[C@@H]1CO. The highest BCUT2D eigenvalue weighted by molar-refractivity contribution is 14.1. The summed E-state index contributed by atoms with van der Waals surface area (Å²) in [4.78, 5) is 13.0. The minimum Gasteiger partial charge on any atom is -0.483 e. The van der Waals surface area contributed by atoms with Gasteiger partial charge in [-0.1, -0.05) is 6.07 Å². The average molecular weight is 751 g/mol. The molecule has 0 radical (unpaired) electrons. The second kappa shape index (κ2) is 13.9. The van der Waals surface area contributed by atoms with E-state index in [1.807, 2.05) is 0 Å². The molecule has 3 heterocycles. The summed E-state index contributed by atoms with van der Waals surface area (Å²) in [5.74, 6) is -2.83. The summed E-state index contributed by atoms with van der Waals surface area (Å²) < 4.78 is 56.1. The Labute approximate surface area is 261 Å². The molecule has 15 nitrogen and oxygen atoms in total. The van der Waals surface area contributed by atoms with Gasteiger partial charge in [-0.2, -0.15) is 13.2 Å². The molecule has 1 amide bonds. The molecular formula is C25H33F3IN3O12. The van der Waals surface area contributed by atoms with Crippen LogP contribution >= 0.6 is 22.6 Å². The molecule has 0 spiro atoms. The standard InChI is InChI=1S/C25H33F3IN3O12/c26-25(27,28)24(31-32-24)9-1-2-14(13(29)3-9)42-8-17(35)30-10(4-11-15(6-33)43-22(40)20(38)18(11)36)5-12-16(7-34)44-23(41)21(39)19(12)37/h1-3,10-12,15-16,18-23,33-34,36-41H,4-8H2,(H,30,35)/t10?,11-,12-,15-,16-,18+,19+,20-,21-,22?,23?/m1/s1. The van der Waals surface area contributed by atoms with Gasteiger partial charge in [0.15, 0.2) is 19.2 Å². The third-order valence-electron chi connectivity index (χ3n) is 7.97.